The van der Waals surface area contributed by atoms with Crippen LogP contribution in [-0.4, -0.2) is 23.1 Å². The molecule has 5 heteroatoms. The maximum Gasteiger partial charge on any atom is 0.273 e. The van der Waals surface area contributed by atoms with Gasteiger partial charge in [0.2, 0.25) is 0 Å². The third kappa shape index (κ3) is 10.0. The summed E-state index contributed by atoms with van der Waals surface area (Å²) in [6, 6.07) is 0. The Morgan fingerprint density at radius 2 is 1.34 bits per heavy atom. The van der Waals surface area contributed by atoms with E-state index < -0.39 is 20.2 Å². The van der Waals surface area contributed by atoms with Crippen LogP contribution in [0, 0.1) is 0 Å². The van der Waals surface area contributed by atoms with E-state index in [1.165, 1.54) is 57.8 Å². The number of allylic oxidation sites excluding steroid dienone is 3. The Hall–Kier alpha value is -0.320. The Morgan fingerprint density at radius 3 is 1.86 bits per heavy atom. The number of hydrogen-bond acceptors (Lipinski definition) is 2. The van der Waals surface area contributed by atoms with Crippen molar-refractivity contribution in [2.75, 3.05) is 0 Å². The van der Waals surface area contributed by atoms with Gasteiger partial charge >= 0.3 is 0 Å². The van der Waals surface area contributed by atoms with Gasteiger partial charge in [-0.3, -0.25) is 4.55 Å². The molecule has 1 aliphatic carbocycles. The van der Waals surface area contributed by atoms with Crippen molar-refractivity contribution in [2.24, 2.45) is 0 Å². The van der Waals surface area contributed by atoms with E-state index in [1.807, 2.05) is 6.08 Å². The molecular weight excluding hydrogens is 404 g/mol. The molecule has 0 aromatic carbocycles. The van der Waals surface area contributed by atoms with E-state index in [2.05, 4.69) is 13.8 Å². The monoisotopic (exact) mass is 446 g/mol. The Bertz CT molecular complexity index is 597. The summed E-state index contributed by atoms with van der Waals surface area (Å²) < 4.78 is 33.8. The first-order chi connectivity index (χ1) is 13.9. The number of unbranched alkanes of at least 4 members (excludes halogenated alkanes) is 12. The van der Waals surface area contributed by atoms with Crippen LogP contribution >= 0.6 is 11.6 Å². The summed E-state index contributed by atoms with van der Waals surface area (Å²) in [4.78, 5) is -1.01. The number of alkyl halides is 1. The van der Waals surface area contributed by atoms with Gasteiger partial charge in [0.05, 0.1) is 4.87 Å². The minimum absolute atomic E-state index is 0.597. The van der Waals surface area contributed by atoms with E-state index in [0.29, 0.717) is 6.42 Å². The van der Waals surface area contributed by atoms with Crippen LogP contribution < -0.4 is 0 Å². The van der Waals surface area contributed by atoms with E-state index in [0.717, 1.165) is 44.1 Å². The van der Waals surface area contributed by atoms with Gasteiger partial charge in [-0.05, 0) is 24.8 Å². The topological polar surface area (TPSA) is 54.4 Å². The largest absolute Gasteiger partial charge is 0.285 e. The summed E-state index contributed by atoms with van der Waals surface area (Å²) in [6.07, 6.45) is 23.3. The van der Waals surface area contributed by atoms with Crippen molar-refractivity contribution in [3.63, 3.8) is 0 Å². The summed E-state index contributed by atoms with van der Waals surface area (Å²) in [5.41, 5.74) is 0.976. The second kappa shape index (κ2) is 14.6. The lowest BCUT2D eigenvalue weighted by Crippen LogP contribution is -2.44. The van der Waals surface area contributed by atoms with Gasteiger partial charge < -0.3 is 0 Å². The van der Waals surface area contributed by atoms with Crippen LogP contribution in [0.5, 0.6) is 0 Å². The Balaban J connectivity index is 2.59. The quantitative estimate of drug-likeness (QED) is 0.140. The summed E-state index contributed by atoms with van der Waals surface area (Å²) in [6.45, 7) is 4.43. The molecule has 0 aliphatic heterocycles. The predicted octanol–water partition coefficient (Wildman–Crippen LogP) is 8.00. The Kier molecular flexibility index (Phi) is 13.5. The summed E-state index contributed by atoms with van der Waals surface area (Å²) in [5.74, 6) is 0. The molecule has 0 bridgehead atoms. The summed E-state index contributed by atoms with van der Waals surface area (Å²) in [7, 11) is -4.23. The van der Waals surface area contributed by atoms with E-state index in [9.17, 15) is 13.0 Å². The fraction of sp³-hybridized carbons (Fsp3) is 0.833. The van der Waals surface area contributed by atoms with Gasteiger partial charge in [-0.2, -0.15) is 8.42 Å². The molecule has 0 aromatic rings. The zero-order chi connectivity index (χ0) is 21.6. The van der Waals surface area contributed by atoms with Crippen LogP contribution in [0.4, 0.5) is 0 Å². The highest BCUT2D eigenvalue weighted by atomic mass is 35.5. The number of rotatable bonds is 17. The average Bonchev–Trinajstić information content (AvgIpc) is 2.67. The van der Waals surface area contributed by atoms with Crippen LogP contribution in [0.15, 0.2) is 23.8 Å². The standard InChI is InChI=1S/C24H43ClO3S/c1-3-5-7-9-11-13-15-18-22-19-17-20-23(29(26,27)28)24(22,25)21-16-14-12-10-8-6-4-2/h17,19-20,23H,3-16,18,21H2,1-2H3,(H,26,27,28). The van der Waals surface area contributed by atoms with Crippen LogP contribution in [-0.2, 0) is 10.1 Å². The molecule has 0 radical (unpaired) electrons. The molecule has 0 aromatic heterocycles. The fourth-order valence-corrected chi connectivity index (χ4v) is 6.02. The van der Waals surface area contributed by atoms with Gasteiger partial charge in [0.25, 0.3) is 10.1 Å². The minimum Gasteiger partial charge on any atom is -0.285 e. The highest BCUT2D eigenvalue weighted by Gasteiger charge is 2.46. The van der Waals surface area contributed by atoms with Gasteiger partial charge in [-0.1, -0.05) is 116 Å². The highest BCUT2D eigenvalue weighted by Crippen LogP contribution is 2.43. The molecular formula is C24H43ClO3S. The molecule has 2 unspecified atom stereocenters. The van der Waals surface area contributed by atoms with E-state index in [-0.39, 0.29) is 0 Å². The molecule has 0 saturated carbocycles. The van der Waals surface area contributed by atoms with Crippen molar-refractivity contribution in [1.82, 2.24) is 0 Å². The minimum atomic E-state index is -4.23. The molecule has 29 heavy (non-hydrogen) atoms. The molecule has 1 N–H and O–H groups in total. The smallest absolute Gasteiger partial charge is 0.273 e. The van der Waals surface area contributed by atoms with Crippen LogP contribution in [0.1, 0.15) is 117 Å². The fourth-order valence-electron chi connectivity index (χ4n) is 4.29. The van der Waals surface area contributed by atoms with Crippen molar-refractivity contribution < 1.29 is 13.0 Å². The van der Waals surface area contributed by atoms with Crippen molar-refractivity contribution in [1.29, 1.82) is 0 Å². The lowest BCUT2D eigenvalue weighted by molar-refractivity contribution is 0.443. The highest BCUT2D eigenvalue weighted by molar-refractivity contribution is 7.86. The van der Waals surface area contributed by atoms with Crippen molar-refractivity contribution in [3.8, 4) is 0 Å². The number of hydrogen-bond donors (Lipinski definition) is 1. The predicted molar refractivity (Wildman–Crippen MR) is 126 cm³/mol. The van der Waals surface area contributed by atoms with Gasteiger partial charge in [0.15, 0.2) is 0 Å². The molecule has 0 heterocycles. The van der Waals surface area contributed by atoms with Gasteiger partial charge in [-0.25, -0.2) is 0 Å². The molecule has 170 valence electrons. The van der Waals surface area contributed by atoms with Gasteiger partial charge in [0, 0.05) is 0 Å². The van der Waals surface area contributed by atoms with Gasteiger partial charge in [-0.15, -0.1) is 11.6 Å². The van der Waals surface area contributed by atoms with Crippen LogP contribution in [0.3, 0.4) is 0 Å². The molecule has 0 amide bonds. The molecule has 2 atom stereocenters. The molecule has 0 saturated heterocycles. The first-order valence-corrected chi connectivity index (χ1v) is 13.8. The Labute approximate surface area is 185 Å². The average molecular weight is 447 g/mol. The molecule has 1 rings (SSSR count). The lowest BCUT2D eigenvalue weighted by Gasteiger charge is -2.36. The third-order valence-corrected chi connectivity index (χ3v) is 8.08. The number of halogens is 1. The SMILES string of the molecule is CCCCCCCCCC1=CC=CC(S(=O)(=O)O)C1(Cl)CCCCCCCCC. The van der Waals surface area contributed by atoms with Crippen molar-refractivity contribution in [2.45, 2.75) is 127 Å². The first-order valence-electron chi connectivity index (χ1n) is 11.9. The third-order valence-electron chi connectivity index (χ3n) is 6.08. The second-order valence-corrected chi connectivity index (χ2v) is 10.8. The van der Waals surface area contributed by atoms with Crippen LogP contribution in [0.25, 0.3) is 0 Å². The second-order valence-electron chi connectivity index (χ2n) is 8.62. The van der Waals surface area contributed by atoms with E-state index >= 15 is 0 Å². The lowest BCUT2D eigenvalue weighted by atomic mass is 9.82. The first kappa shape index (κ1) is 26.7. The van der Waals surface area contributed by atoms with Crippen molar-refractivity contribution >= 4 is 21.7 Å². The molecule has 1 aliphatic rings. The zero-order valence-corrected chi connectivity index (χ0v) is 20.2. The maximum absolute atomic E-state index is 12.0. The summed E-state index contributed by atoms with van der Waals surface area (Å²) >= 11 is 6.98. The Morgan fingerprint density at radius 1 is 0.862 bits per heavy atom. The normalized spacial score (nSPS) is 22.1. The van der Waals surface area contributed by atoms with Crippen molar-refractivity contribution in [3.05, 3.63) is 23.8 Å². The maximum atomic E-state index is 12.0. The van der Waals surface area contributed by atoms with Gasteiger partial charge in [0.1, 0.15) is 5.25 Å². The van der Waals surface area contributed by atoms with E-state index in [4.69, 9.17) is 11.6 Å². The molecule has 0 fully saturated rings. The zero-order valence-electron chi connectivity index (χ0n) is 18.7. The van der Waals surface area contributed by atoms with E-state index in [1.54, 1.807) is 12.2 Å². The summed E-state index contributed by atoms with van der Waals surface area (Å²) in [5, 5.41) is -1.04. The molecule has 3 nitrogen and oxygen atoms in total. The molecule has 0 spiro atoms. The van der Waals surface area contributed by atoms with Crippen LogP contribution in [0.2, 0.25) is 0 Å².